The molecule has 2 saturated heterocycles. The zero-order chi connectivity index (χ0) is 15.4. The Morgan fingerprint density at radius 1 is 1.18 bits per heavy atom. The first-order chi connectivity index (χ1) is 10.7. The first kappa shape index (κ1) is 16.2. The van der Waals surface area contributed by atoms with Gasteiger partial charge in [0, 0.05) is 32.2 Å². The standard InChI is InChI=1S/C17H24ClFN2O/c18-16-5-4-14(11-17(16)19)12-21-6-2-1-3-15(21)13-20-7-9-22-10-8-20/h4-5,11,15H,1-3,6-10,12-13H2/t15-/m0/s1. The summed E-state index contributed by atoms with van der Waals surface area (Å²) in [5.41, 5.74) is 1.01. The van der Waals surface area contributed by atoms with E-state index in [-0.39, 0.29) is 10.8 Å². The van der Waals surface area contributed by atoms with Gasteiger partial charge in [-0.2, -0.15) is 0 Å². The molecule has 1 aromatic carbocycles. The molecule has 3 rings (SSSR count). The van der Waals surface area contributed by atoms with Gasteiger partial charge >= 0.3 is 0 Å². The Balaban J connectivity index is 1.62. The van der Waals surface area contributed by atoms with Crippen molar-refractivity contribution in [3.05, 3.63) is 34.6 Å². The summed E-state index contributed by atoms with van der Waals surface area (Å²) in [6.45, 7) is 6.74. The van der Waals surface area contributed by atoms with Crippen LogP contribution in [-0.4, -0.2) is 55.2 Å². The third-order valence-corrected chi connectivity index (χ3v) is 5.00. The highest BCUT2D eigenvalue weighted by molar-refractivity contribution is 6.30. The van der Waals surface area contributed by atoms with E-state index in [1.54, 1.807) is 12.1 Å². The van der Waals surface area contributed by atoms with Crippen molar-refractivity contribution in [3.63, 3.8) is 0 Å². The number of morpholine rings is 1. The maximum absolute atomic E-state index is 13.6. The Bertz CT molecular complexity index is 494. The molecule has 0 amide bonds. The SMILES string of the molecule is Fc1cc(CN2CCCC[C@H]2CN2CCOCC2)ccc1Cl. The molecule has 122 valence electrons. The number of ether oxygens (including phenoxy) is 1. The van der Waals surface area contributed by atoms with Gasteiger partial charge in [-0.15, -0.1) is 0 Å². The number of likely N-dealkylation sites (tertiary alicyclic amines) is 1. The van der Waals surface area contributed by atoms with E-state index >= 15 is 0 Å². The number of hydrogen-bond donors (Lipinski definition) is 0. The summed E-state index contributed by atoms with van der Waals surface area (Å²) in [5, 5.41) is 0.201. The van der Waals surface area contributed by atoms with Crippen molar-refractivity contribution in [1.29, 1.82) is 0 Å². The van der Waals surface area contributed by atoms with Crippen LogP contribution in [0.4, 0.5) is 4.39 Å². The fourth-order valence-corrected chi connectivity index (χ4v) is 3.55. The Morgan fingerprint density at radius 3 is 2.77 bits per heavy atom. The van der Waals surface area contributed by atoms with Crippen molar-refractivity contribution in [3.8, 4) is 0 Å². The molecular weight excluding hydrogens is 303 g/mol. The van der Waals surface area contributed by atoms with Crippen molar-refractivity contribution in [1.82, 2.24) is 9.80 Å². The lowest BCUT2D eigenvalue weighted by molar-refractivity contribution is 0.0153. The fourth-order valence-electron chi connectivity index (χ4n) is 3.43. The highest BCUT2D eigenvalue weighted by atomic mass is 35.5. The van der Waals surface area contributed by atoms with Crippen LogP contribution in [-0.2, 0) is 11.3 Å². The molecule has 0 saturated carbocycles. The quantitative estimate of drug-likeness (QED) is 0.845. The average Bonchev–Trinajstić information content (AvgIpc) is 2.54. The topological polar surface area (TPSA) is 15.7 Å². The molecule has 1 atom stereocenters. The second kappa shape index (κ2) is 7.73. The highest BCUT2D eigenvalue weighted by Crippen LogP contribution is 2.23. The van der Waals surface area contributed by atoms with Gasteiger partial charge in [0.2, 0.25) is 0 Å². The molecule has 3 nitrogen and oxygen atoms in total. The van der Waals surface area contributed by atoms with Crippen molar-refractivity contribution < 1.29 is 9.13 Å². The van der Waals surface area contributed by atoms with Gasteiger partial charge < -0.3 is 4.74 Å². The molecule has 22 heavy (non-hydrogen) atoms. The minimum absolute atomic E-state index is 0.201. The van der Waals surface area contributed by atoms with Crippen LogP contribution in [0, 0.1) is 5.82 Å². The third kappa shape index (κ3) is 4.19. The summed E-state index contributed by atoms with van der Waals surface area (Å²) in [4.78, 5) is 5.00. The lowest BCUT2D eigenvalue weighted by Crippen LogP contribution is -2.49. The maximum Gasteiger partial charge on any atom is 0.142 e. The van der Waals surface area contributed by atoms with E-state index < -0.39 is 0 Å². The van der Waals surface area contributed by atoms with Gasteiger partial charge in [-0.05, 0) is 37.1 Å². The summed E-state index contributed by atoms with van der Waals surface area (Å²) in [7, 11) is 0. The second-order valence-corrected chi connectivity index (χ2v) is 6.69. The molecule has 0 aliphatic carbocycles. The fraction of sp³-hybridized carbons (Fsp3) is 0.647. The first-order valence-corrected chi connectivity index (χ1v) is 8.58. The molecule has 0 N–H and O–H groups in total. The number of hydrogen-bond acceptors (Lipinski definition) is 3. The molecule has 2 aliphatic heterocycles. The summed E-state index contributed by atoms with van der Waals surface area (Å²) in [6.07, 6.45) is 3.75. The molecule has 1 aromatic rings. The van der Waals surface area contributed by atoms with Crippen molar-refractivity contribution in [2.75, 3.05) is 39.4 Å². The number of halogens is 2. The zero-order valence-corrected chi connectivity index (χ0v) is 13.7. The molecule has 2 fully saturated rings. The number of benzene rings is 1. The second-order valence-electron chi connectivity index (χ2n) is 6.28. The van der Waals surface area contributed by atoms with Crippen LogP contribution in [0.25, 0.3) is 0 Å². The molecule has 5 heteroatoms. The summed E-state index contributed by atoms with van der Waals surface area (Å²) in [5.74, 6) is -0.319. The van der Waals surface area contributed by atoms with E-state index in [4.69, 9.17) is 16.3 Å². The molecule has 2 heterocycles. The largest absolute Gasteiger partial charge is 0.379 e. The third-order valence-electron chi connectivity index (χ3n) is 4.69. The average molecular weight is 327 g/mol. The molecule has 0 bridgehead atoms. The van der Waals surface area contributed by atoms with Gasteiger partial charge in [0.05, 0.1) is 18.2 Å². The normalized spacial score (nSPS) is 24.5. The van der Waals surface area contributed by atoms with Crippen LogP contribution >= 0.6 is 11.6 Å². The monoisotopic (exact) mass is 326 g/mol. The van der Waals surface area contributed by atoms with E-state index in [9.17, 15) is 4.39 Å². The minimum Gasteiger partial charge on any atom is -0.379 e. The van der Waals surface area contributed by atoms with Gasteiger partial charge in [-0.3, -0.25) is 9.80 Å². The maximum atomic E-state index is 13.6. The van der Waals surface area contributed by atoms with Crippen molar-refractivity contribution >= 4 is 11.6 Å². The van der Waals surface area contributed by atoms with E-state index in [0.717, 1.165) is 51.5 Å². The van der Waals surface area contributed by atoms with Crippen molar-refractivity contribution in [2.45, 2.75) is 31.8 Å². The highest BCUT2D eigenvalue weighted by Gasteiger charge is 2.25. The van der Waals surface area contributed by atoms with Gasteiger partial charge in [-0.1, -0.05) is 24.1 Å². The van der Waals surface area contributed by atoms with Crippen molar-refractivity contribution in [2.24, 2.45) is 0 Å². The van der Waals surface area contributed by atoms with E-state index in [1.165, 1.54) is 19.3 Å². The van der Waals surface area contributed by atoms with Crippen LogP contribution in [0.5, 0.6) is 0 Å². The molecule has 0 aromatic heterocycles. The smallest absolute Gasteiger partial charge is 0.142 e. The lowest BCUT2D eigenvalue weighted by atomic mass is 10.0. The van der Waals surface area contributed by atoms with Gasteiger partial charge in [0.1, 0.15) is 5.82 Å². The molecular formula is C17H24ClFN2O. The Kier molecular flexibility index (Phi) is 5.69. The van der Waals surface area contributed by atoms with E-state index in [1.807, 2.05) is 6.07 Å². The van der Waals surface area contributed by atoms with E-state index in [0.29, 0.717) is 6.04 Å². The Hall–Kier alpha value is -0.680. The number of nitrogens with zero attached hydrogens (tertiary/aromatic N) is 2. The molecule has 0 unspecified atom stereocenters. The van der Waals surface area contributed by atoms with E-state index in [2.05, 4.69) is 9.80 Å². The summed E-state index contributed by atoms with van der Waals surface area (Å²) >= 11 is 5.77. The predicted octanol–water partition coefficient (Wildman–Crippen LogP) is 3.17. The Labute approximate surface area is 137 Å². The van der Waals surface area contributed by atoms with Gasteiger partial charge in [0.25, 0.3) is 0 Å². The van der Waals surface area contributed by atoms with Crippen LogP contribution in [0.15, 0.2) is 18.2 Å². The number of rotatable bonds is 4. The van der Waals surface area contributed by atoms with Crippen LogP contribution in [0.1, 0.15) is 24.8 Å². The first-order valence-electron chi connectivity index (χ1n) is 8.20. The Morgan fingerprint density at radius 2 is 2.00 bits per heavy atom. The molecule has 0 spiro atoms. The van der Waals surface area contributed by atoms with Crippen LogP contribution < -0.4 is 0 Å². The van der Waals surface area contributed by atoms with Crippen LogP contribution in [0.3, 0.4) is 0 Å². The molecule has 0 radical (unpaired) electrons. The molecule has 2 aliphatic rings. The summed E-state index contributed by atoms with van der Waals surface area (Å²) < 4.78 is 19.1. The minimum atomic E-state index is -0.319. The predicted molar refractivity (Wildman–Crippen MR) is 86.7 cm³/mol. The lowest BCUT2D eigenvalue weighted by Gasteiger charge is -2.39. The van der Waals surface area contributed by atoms with Gasteiger partial charge in [-0.25, -0.2) is 4.39 Å². The number of piperidine rings is 1. The van der Waals surface area contributed by atoms with Gasteiger partial charge in [0.15, 0.2) is 0 Å². The zero-order valence-electron chi connectivity index (χ0n) is 12.9. The summed E-state index contributed by atoms with van der Waals surface area (Å²) in [6, 6.07) is 5.73. The van der Waals surface area contributed by atoms with Crippen LogP contribution in [0.2, 0.25) is 5.02 Å².